The quantitative estimate of drug-likeness (QED) is 0.760. The van der Waals surface area contributed by atoms with E-state index < -0.39 is 16.9 Å². The summed E-state index contributed by atoms with van der Waals surface area (Å²) in [6, 6.07) is 8.85. The van der Waals surface area contributed by atoms with Gasteiger partial charge >= 0.3 is 5.97 Å². The number of halogens is 2. The predicted octanol–water partition coefficient (Wildman–Crippen LogP) is 3.19. The van der Waals surface area contributed by atoms with Crippen molar-refractivity contribution in [3.63, 3.8) is 0 Å². The number of carbonyl (C=O) groups is 1. The van der Waals surface area contributed by atoms with Crippen LogP contribution < -0.4 is 5.73 Å². The van der Waals surface area contributed by atoms with Crippen molar-refractivity contribution >= 4 is 29.2 Å². The molecule has 19 heavy (non-hydrogen) atoms. The Morgan fingerprint density at radius 2 is 1.68 bits per heavy atom. The number of hydrogen-bond donors (Lipinski definition) is 2. The van der Waals surface area contributed by atoms with Gasteiger partial charge in [-0.1, -0.05) is 37.3 Å². The molecule has 1 unspecified atom stereocenters. The molecule has 106 valence electrons. The van der Waals surface area contributed by atoms with Crippen LogP contribution in [0.4, 0.5) is 0 Å². The van der Waals surface area contributed by atoms with Gasteiger partial charge in [0.1, 0.15) is 5.54 Å². The monoisotopic (exact) mass is 303 g/mol. The summed E-state index contributed by atoms with van der Waals surface area (Å²) >= 11 is 11.7. The molecule has 0 fully saturated rings. The molecule has 1 aromatic carbocycles. The molecular formula is C14H19Cl2NO2. The summed E-state index contributed by atoms with van der Waals surface area (Å²) in [4.78, 5) is 11.8. The van der Waals surface area contributed by atoms with Crippen molar-refractivity contribution in [2.24, 2.45) is 11.1 Å². The molecule has 0 aromatic heterocycles. The van der Waals surface area contributed by atoms with E-state index in [4.69, 9.17) is 28.9 Å². The van der Waals surface area contributed by atoms with Crippen LogP contribution in [-0.2, 0) is 10.3 Å². The summed E-state index contributed by atoms with van der Waals surface area (Å²) in [5.74, 6) is -0.379. The molecule has 1 rings (SSSR count). The Bertz CT molecular complexity index is 419. The van der Waals surface area contributed by atoms with Gasteiger partial charge in [-0.25, -0.2) is 4.79 Å². The molecular weight excluding hydrogens is 285 g/mol. The second kappa shape index (κ2) is 6.60. The Morgan fingerprint density at radius 1 is 1.21 bits per heavy atom. The van der Waals surface area contributed by atoms with Crippen molar-refractivity contribution in [1.29, 1.82) is 0 Å². The van der Waals surface area contributed by atoms with E-state index in [0.29, 0.717) is 30.2 Å². The van der Waals surface area contributed by atoms with Crippen LogP contribution in [-0.4, -0.2) is 22.8 Å². The lowest BCUT2D eigenvalue weighted by Gasteiger charge is -2.43. The number of rotatable bonds is 7. The Balaban J connectivity index is 3.35. The first-order valence-corrected chi connectivity index (χ1v) is 7.19. The van der Waals surface area contributed by atoms with E-state index >= 15 is 0 Å². The molecule has 5 heteroatoms. The van der Waals surface area contributed by atoms with E-state index in [-0.39, 0.29) is 0 Å². The highest BCUT2D eigenvalue weighted by Crippen LogP contribution is 2.44. The molecule has 0 amide bonds. The van der Waals surface area contributed by atoms with Crippen LogP contribution >= 0.6 is 23.2 Å². The molecule has 1 aromatic rings. The Hall–Kier alpha value is -0.770. The zero-order valence-corrected chi connectivity index (χ0v) is 12.4. The minimum Gasteiger partial charge on any atom is -0.480 e. The number of carboxylic acids is 1. The minimum absolute atomic E-state index is 0.340. The van der Waals surface area contributed by atoms with Gasteiger partial charge in [-0.3, -0.25) is 0 Å². The topological polar surface area (TPSA) is 63.3 Å². The van der Waals surface area contributed by atoms with E-state index in [1.54, 1.807) is 24.3 Å². The predicted molar refractivity (Wildman–Crippen MR) is 78.7 cm³/mol. The number of carboxylic acid groups (broad SMARTS) is 1. The zero-order valence-electron chi connectivity index (χ0n) is 10.9. The first kappa shape index (κ1) is 16.3. The third-order valence-electron chi connectivity index (χ3n) is 3.81. The third-order valence-corrected chi connectivity index (χ3v) is 4.19. The number of aliphatic carboxylic acids is 1. The highest BCUT2D eigenvalue weighted by molar-refractivity contribution is 6.18. The summed E-state index contributed by atoms with van der Waals surface area (Å²) < 4.78 is 0. The lowest BCUT2D eigenvalue weighted by atomic mass is 9.64. The van der Waals surface area contributed by atoms with E-state index in [2.05, 4.69) is 0 Å². The van der Waals surface area contributed by atoms with Gasteiger partial charge in [0, 0.05) is 17.2 Å². The molecule has 1 atom stereocenters. The standard InChI is InChI=1S/C14H19Cl2NO2/c1-13(7-9-15,8-10-16)14(17,12(18)19)11-5-3-2-4-6-11/h2-6H,7-10,17H2,1H3,(H,18,19). The molecule has 0 saturated carbocycles. The number of hydrogen-bond acceptors (Lipinski definition) is 2. The normalized spacial score (nSPS) is 14.9. The molecule has 0 spiro atoms. The highest BCUT2D eigenvalue weighted by Gasteiger charge is 2.51. The molecule has 0 heterocycles. The van der Waals surface area contributed by atoms with Crippen molar-refractivity contribution in [3.05, 3.63) is 35.9 Å². The fourth-order valence-electron chi connectivity index (χ4n) is 2.37. The maximum Gasteiger partial charge on any atom is 0.328 e. The molecule has 0 bridgehead atoms. The van der Waals surface area contributed by atoms with Crippen molar-refractivity contribution in [1.82, 2.24) is 0 Å². The van der Waals surface area contributed by atoms with Gasteiger partial charge in [0.15, 0.2) is 0 Å². The largest absolute Gasteiger partial charge is 0.480 e. The van der Waals surface area contributed by atoms with Crippen molar-refractivity contribution in [2.45, 2.75) is 25.3 Å². The van der Waals surface area contributed by atoms with E-state index in [9.17, 15) is 9.90 Å². The van der Waals surface area contributed by atoms with Crippen LogP contribution in [0.2, 0.25) is 0 Å². The summed E-state index contributed by atoms with van der Waals surface area (Å²) in [6.07, 6.45) is 0.970. The lowest BCUT2D eigenvalue weighted by molar-refractivity contribution is -0.149. The third kappa shape index (κ3) is 3.04. The average Bonchev–Trinajstić information content (AvgIpc) is 2.39. The lowest BCUT2D eigenvalue weighted by Crippen LogP contribution is -2.57. The van der Waals surface area contributed by atoms with Crippen molar-refractivity contribution in [3.8, 4) is 0 Å². The van der Waals surface area contributed by atoms with Crippen LogP contribution in [0.25, 0.3) is 0 Å². The fraction of sp³-hybridized carbons (Fsp3) is 0.500. The van der Waals surface area contributed by atoms with Crippen LogP contribution in [0, 0.1) is 5.41 Å². The number of benzene rings is 1. The Labute approximate surface area is 123 Å². The smallest absolute Gasteiger partial charge is 0.328 e. The maximum atomic E-state index is 11.8. The van der Waals surface area contributed by atoms with Gasteiger partial charge in [0.2, 0.25) is 0 Å². The van der Waals surface area contributed by atoms with Crippen LogP contribution in [0.3, 0.4) is 0 Å². The van der Waals surface area contributed by atoms with Gasteiger partial charge < -0.3 is 10.8 Å². The maximum absolute atomic E-state index is 11.8. The fourth-order valence-corrected chi connectivity index (χ4v) is 3.20. The summed E-state index contributed by atoms with van der Waals surface area (Å²) in [6.45, 7) is 1.83. The van der Waals surface area contributed by atoms with Crippen LogP contribution in [0.5, 0.6) is 0 Å². The second-order valence-electron chi connectivity index (χ2n) is 4.92. The Kier molecular flexibility index (Phi) is 5.65. The van der Waals surface area contributed by atoms with Crippen molar-refractivity contribution < 1.29 is 9.90 Å². The molecule has 0 aliphatic heterocycles. The van der Waals surface area contributed by atoms with Crippen LogP contribution in [0.1, 0.15) is 25.3 Å². The molecule has 3 nitrogen and oxygen atoms in total. The van der Waals surface area contributed by atoms with E-state index in [1.807, 2.05) is 13.0 Å². The second-order valence-corrected chi connectivity index (χ2v) is 5.67. The first-order chi connectivity index (χ1) is 8.92. The molecule has 0 aliphatic rings. The van der Waals surface area contributed by atoms with Crippen molar-refractivity contribution in [2.75, 3.05) is 11.8 Å². The van der Waals surface area contributed by atoms with Gasteiger partial charge in [0.05, 0.1) is 0 Å². The summed E-state index contributed by atoms with van der Waals surface area (Å²) in [5, 5.41) is 9.66. The Morgan fingerprint density at radius 3 is 2.05 bits per heavy atom. The summed E-state index contributed by atoms with van der Waals surface area (Å²) in [5.41, 5.74) is 4.66. The first-order valence-electron chi connectivity index (χ1n) is 6.12. The zero-order chi connectivity index (χ0) is 14.5. The average molecular weight is 304 g/mol. The number of nitrogens with two attached hydrogens (primary N) is 1. The number of alkyl halides is 2. The summed E-state index contributed by atoms with van der Waals surface area (Å²) in [7, 11) is 0. The van der Waals surface area contributed by atoms with Gasteiger partial charge in [0.25, 0.3) is 0 Å². The molecule has 3 N–H and O–H groups in total. The van der Waals surface area contributed by atoms with Gasteiger partial charge in [-0.05, 0) is 18.4 Å². The van der Waals surface area contributed by atoms with Gasteiger partial charge in [-0.2, -0.15) is 0 Å². The van der Waals surface area contributed by atoms with Crippen LogP contribution in [0.15, 0.2) is 30.3 Å². The molecule has 0 radical (unpaired) electrons. The molecule has 0 aliphatic carbocycles. The highest BCUT2D eigenvalue weighted by atomic mass is 35.5. The van der Waals surface area contributed by atoms with E-state index in [1.165, 1.54) is 0 Å². The SMILES string of the molecule is CC(CCCl)(CCCl)C(N)(C(=O)O)c1ccccc1. The van der Waals surface area contributed by atoms with Gasteiger partial charge in [-0.15, -0.1) is 23.2 Å². The van der Waals surface area contributed by atoms with E-state index in [0.717, 1.165) is 0 Å². The minimum atomic E-state index is -1.50. The molecule has 0 saturated heterocycles.